The van der Waals surface area contributed by atoms with Crippen molar-refractivity contribution < 1.29 is 0 Å². The van der Waals surface area contributed by atoms with Gasteiger partial charge in [-0.3, -0.25) is 0 Å². The van der Waals surface area contributed by atoms with Gasteiger partial charge in [-0.25, -0.2) is 9.97 Å². The maximum atomic E-state index is 5.39. The second-order valence-corrected chi connectivity index (χ2v) is 17.4. The van der Waals surface area contributed by atoms with Crippen LogP contribution in [0, 0.1) is 35.4 Å². The van der Waals surface area contributed by atoms with Crippen molar-refractivity contribution in [3.05, 3.63) is 198 Å². The Morgan fingerprint density at radius 3 is 1.76 bits per heavy atom. The van der Waals surface area contributed by atoms with Crippen molar-refractivity contribution in [1.29, 1.82) is 0 Å². The van der Waals surface area contributed by atoms with Crippen molar-refractivity contribution >= 4 is 34.8 Å². The average Bonchev–Trinajstić information content (AvgIpc) is 3.25. The van der Waals surface area contributed by atoms with Gasteiger partial charge in [0.2, 0.25) is 8.07 Å². The number of hydrogen-bond acceptors (Lipinski definition) is 2. The molecule has 0 N–H and O–H groups in total. The van der Waals surface area contributed by atoms with E-state index in [1.165, 1.54) is 32.0 Å². The molecular formula is C51H42N2Si. The minimum absolute atomic E-state index is 0.210. The predicted molar refractivity (Wildman–Crippen MR) is 226 cm³/mol. The molecule has 1 aromatic heterocycles. The van der Waals surface area contributed by atoms with Crippen molar-refractivity contribution in [3.63, 3.8) is 0 Å². The smallest absolute Gasteiger partial charge is 0.228 e. The zero-order valence-electron chi connectivity index (χ0n) is 30.8. The lowest BCUT2D eigenvalue weighted by Crippen LogP contribution is -2.66. The Balaban J connectivity index is 1.44. The van der Waals surface area contributed by atoms with Crippen molar-refractivity contribution in [1.82, 2.24) is 9.97 Å². The van der Waals surface area contributed by atoms with Crippen LogP contribution in [0.5, 0.6) is 0 Å². The highest BCUT2D eigenvalue weighted by molar-refractivity contribution is 7.16. The zero-order valence-corrected chi connectivity index (χ0v) is 31.8. The predicted octanol–water partition coefficient (Wildman–Crippen LogP) is 7.93. The highest BCUT2D eigenvalue weighted by Gasteiger charge is 2.39. The van der Waals surface area contributed by atoms with Crippen LogP contribution < -0.4 is 26.0 Å². The van der Waals surface area contributed by atoms with E-state index in [2.05, 4.69) is 195 Å². The van der Waals surface area contributed by atoms with E-state index < -0.39 is 8.07 Å². The van der Waals surface area contributed by atoms with Gasteiger partial charge < -0.3 is 0 Å². The third-order valence-corrected chi connectivity index (χ3v) is 14.7. The Labute approximate surface area is 320 Å². The molecule has 0 saturated heterocycles. The molecule has 7 aromatic rings. The monoisotopic (exact) mass is 710 g/mol. The molecule has 1 aliphatic rings. The van der Waals surface area contributed by atoms with E-state index in [0.717, 1.165) is 52.8 Å². The second-order valence-electron chi connectivity index (χ2n) is 13.9. The van der Waals surface area contributed by atoms with Crippen LogP contribution in [-0.2, 0) is 0 Å². The maximum absolute atomic E-state index is 5.39. The van der Waals surface area contributed by atoms with E-state index in [9.17, 15) is 0 Å². The highest BCUT2D eigenvalue weighted by Crippen LogP contribution is 2.39. The fourth-order valence-corrected chi connectivity index (χ4v) is 11.9. The second kappa shape index (κ2) is 15.8. The molecule has 6 aromatic carbocycles. The van der Waals surface area contributed by atoms with Crippen LogP contribution in [0.1, 0.15) is 38.8 Å². The fraction of sp³-hybridized carbons (Fsp3) is 0.137. The Kier molecular flexibility index (Phi) is 10.2. The van der Waals surface area contributed by atoms with Gasteiger partial charge in [-0.15, -0.1) is 5.54 Å². The summed E-state index contributed by atoms with van der Waals surface area (Å²) < 4.78 is 0. The molecule has 2 unspecified atom stereocenters. The van der Waals surface area contributed by atoms with Gasteiger partial charge in [-0.1, -0.05) is 196 Å². The lowest BCUT2D eigenvalue weighted by atomic mass is 9.71. The van der Waals surface area contributed by atoms with Gasteiger partial charge in [-0.05, 0) is 63.2 Å². The zero-order chi connectivity index (χ0) is 36.7. The summed E-state index contributed by atoms with van der Waals surface area (Å²) in [5.41, 5.74) is 10.6. The molecule has 1 aliphatic carbocycles. The summed E-state index contributed by atoms with van der Waals surface area (Å²) in [5.74, 6) is 5.18. The van der Waals surface area contributed by atoms with Gasteiger partial charge in [0.15, 0.2) is 5.82 Å². The first-order valence-electron chi connectivity index (χ1n) is 19.1. The Hall–Kier alpha value is -6.26. The number of aromatic nitrogens is 2. The minimum atomic E-state index is -2.88. The Morgan fingerprint density at radius 2 is 1.17 bits per heavy atom. The van der Waals surface area contributed by atoms with Crippen molar-refractivity contribution in [2.24, 2.45) is 11.8 Å². The minimum Gasteiger partial charge on any atom is -0.228 e. The summed E-state index contributed by atoms with van der Waals surface area (Å²) in [7, 11) is -2.88. The molecule has 0 bridgehead atoms. The summed E-state index contributed by atoms with van der Waals surface area (Å²) in [5, 5.41) is 6.03. The van der Waals surface area contributed by atoms with Gasteiger partial charge in [0.1, 0.15) is 0 Å². The van der Waals surface area contributed by atoms with Gasteiger partial charge in [0.25, 0.3) is 0 Å². The SMILES string of the molecule is CCCC1C(c2cc(-c3ccccc3)nc(-c3ccccc3)n2)=c2ccccc2=C(C#C[Si](c2c#cccc2)(c2ccccc2)c2ccccc2)C1CC. The van der Waals surface area contributed by atoms with Crippen molar-refractivity contribution in [2.45, 2.75) is 33.1 Å². The van der Waals surface area contributed by atoms with Gasteiger partial charge >= 0.3 is 0 Å². The average molecular weight is 711 g/mol. The first kappa shape index (κ1) is 34.8. The lowest BCUT2D eigenvalue weighted by molar-refractivity contribution is 0.448. The molecule has 8 rings (SSSR count). The summed E-state index contributed by atoms with van der Waals surface area (Å²) in [4.78, 5) is 10.5. The first-order valence-corrected chi connectivity index (χ1v) is 21.1. The largest absolute Gasteiger partial charge is 0.238 e. The molecule has 260 valence electrons. The molecular weight excluding hydrogens is 669 g/mol. The summed E-state index contributed by atoms with van der Waals surface area (Å²) in [6, 6.07) is 66.7. The first-order chi connectivity index (χ1) is 26.7. The van der Waals surface area contributed by atoms with Gasteiger partial charge in [0, 0.05) is 21.9 Å². The molecule has 2 atom stereocenters. The summed E-state index contributed by atoms with van der Waals surface area (Å²) >= 11 is 0. The van der Waals surface area contributed by atoms with E-state index in [1.807, 2.05) is 12.1 Å². The normalized spacial score (nSPS) is 15.1. The third-order valence-electron chi connectivity index (χ3n) is 10.7. The molecule has 0 radical (unpaired) electrons. The van der Waals surface area contributed by atoms with Crippen LogP contribution in [0.3, 0.4) is 0 Å². The standard InChI is InChI=1S/C51H42N2Si/c1-3-22-46-43(4-2)45(35-36-54(40-27-14-7-15-28-40,41-29-16-8-17-30-41)42-31-18-9-19-32-42)44-33-20-21-34-47(44)50(46)49-37-48(38-23-10-5-11-24-38)52-51(53-49)39-25-12-6-13-26-39/h5-18,20-21,23-31,33-34,37,43,46H,3-4,22H2,1-2H3. The molecule has 0 fully saturated rings. The van der Waals surface area contributed by atoms with Gasteiger partial charge in [0.05, 0.1) is 11.4 Å². The van der Waals surface area contributed by atoms with E-state index in [1.54, 1.807) is 0 Å². The van der Waals surface area contributed by atoms with E-state index in [-0.39, 0.29) is 11.8 Å². The van der Waals surface area contributed by atoms with Crippen LogP contribution >= 0.6 is 0 Å². The number of nitrogens with zero attached hydrogens (tertiary/aromatic N) is 2. The Morgan fingerprint density at radius 1 is 0.593 bits per heavy atom. The van der Waals surface area contributed by atoms with E-state index in [4.69, 9.17) is 9.97 Å². The molecule has 1 heterocycles. The van der Waals surface area contributed by atoms with Crippen LogP contribution in [0.25, 0.3) is 33.8 Å². The summed E-state index contributed by atoms with van der Waals surface area (Å²) in [6.45, 7) is 4.62. The fourth-order valence-electron chi connectivity index (χ4n) is 8.25. The van der Waals surface area contributed by atoms with E-state index >= 15 is 0 Å². The lowest BCUT2D eigenvalue weighted by Gasteiger charge is -2.33. The quantitative estimate of drug-likeness (QED) is 0.112. The molecule has 0 spiro atoms. The topological polar surface area (TPSA) is 25.8 Å². The molecule has 0 amide bonds. The van der Waals surface area contributed by atoms with Gasteiger partial charge in [-0.2, -0.15) is 0 Å². The van der Waals surface area contributed by atoms with Crippen molar-refractivity contribution in [3.8, 4) is 34.1 Å². The molecule has 0 aliphatic heterocycles. The van der Waals surface area contributed by atoms with Crippen LogP contribution in [0.15, 0.2) is 170 Å². The third kappa shape index (κ3) is 6.60. The maximum Gasteiger partial charge on any atom is 0.238 e. The number of fused-ring (bicyclic) bond motifs is 1. The molecule has 54 heavy (non-hydrogen) atoms. The van der Waals surface area contributed by atoms with Crippen LogP contribution in [0.4, 0.5) is 0 Å². The van der Waals surface area contributed by atoms with E-state index in [0.29, 0.717) is 0 Å². The van der Waals surface area contributed by atoms with Crippen LogP contribution in [-0.4, -0.2) is 18.0 Å². The Bertz CT molecular complexity index is 2390. The highest BCUT2D eigenvalue weighted by atomic mass is 28.3. The van der Waals surface area contributed by atoms with Crippen LogP contribution in [0.2, 0.25) is 0 Å². The number of hydrogen-bond donors (Lipinski definition) is 0. The molecule has 3 heteroatoms. The number of benzene rings is 5. The summed E-state index contributed by atoms with van der Waals surface area (Å²) in [6.07, 6.45) is 3.04. The van der Waals surface area contributed by atoms with Crippen molar-refractivity contribution in [2.75, 3.05) is 0 Å². The molecule has 0 saturated carbocycles. The molecule has 2 nitrogen and oxygen atoms in total. The number of rotatable bonds is 9.